The van der Waals surface area contributed by atoms with Gasteiger partial charge in [-0.25, -0.2) is 0 Å². The Kier molecular flexibility index (Phi) is 2.96. The molecule has 6 heteroatoms. The first-order chi connectivity index (χ1) is 4.39. The van der Waals surface area contributed by atoms with Crippen LogP contribution in [0.25, 0.3) is 0 Å². The molecule has 60 valence electrons. The SMILES string of the molecule is CN(C)C(=NCl)C(F)(F)F. The summed E-state index contributed by atoms with van der Waals surface area (Å²) in [5.41, 5.74) is 0. The second-order valence-corrected chi connectivity index (χ2v) is 1.97. The molecule has 0 aliphatic heterocycles. The van der Waals surface area contributed by atoms with Gasteiger partial charge in [-0.1, -0.05) is 0 Å². The fourth-order valence-corrected chi connectivity index (χ4v) is 0.624. The Hall–Kier alpha value is -0.450. The topological polar surface area (TPSA) is 15.6 Å². The minimum Gasteiger partial charge on any atom is -0.358 e. The molecule has 0 N–H and O–H groups in total. The fourth-order valence-electron chi connectivity index (χ4n) is 0.377. The van der Waals surface area contributed by atoms with E-state index in [4.69, 9.17) is 0 Å². The molecule has 0 aliphatic carbocycles. The van der Waals surface area contributed by atoms with Crippen molar-refractivity contribution >= 4 is 17.6 Å². The second kappa shape index (κ2) is 3.09. The van der Waals surface area contributed by atoms with Crippen molar-refractivity contribution in [3.8, 4) is 0 Å². The van der Waals surface area contributed by atoms with Crippen LogP contribution in [0.1, 0.15) is 0 Å². The molecule has 0 aromatic heterocycles. The summed E-state index contributed by atoms with van der Waals surface area (Å²) in [5.74, 6) is -1.10. The van der Waals surface area contributed by atoms with Gasteiger partial charge in [0.1, 0.15) is 0 Å². The number of rotatable bonds is 0. The maximum Gasteiger partial charge on any atom is 0.450 e. The van der Waals surface area contributed by atoms with Crippen LogP contribution in [0, 0.1) is 0 Å². The molecule has 0 atom stereocenters. The number of halogens is 4. The highest BCUT2D eigenvalue weighted by molar-refractivity contribution is 6.20. The van der Waals surface area contributed by atoms with Crippen LogP contribution in [0.5, 0.6) is 0 Å². The predicted molar refractivity (Wildman–Crippen MR) is 33.0 cm³/mol. The van der Waals surface area contributed by atoms with Crippen LogP contribution in [-0.4, -0.2) is 31.0 Å². The van der Waals surface area contributed by atoms with Crippen LogP contribution < -0.4 is 0 Å². The lowest BCUT2D eigenvalue weighted by atomic mass is 10.5. The van der Waals surface area contributed by atoms with E-state index < -0.39 is 12.0 Å². The van der Waals surface area contributed by atoms with E-state index in [0.29, 0.717) is 0 Å². The summed E-state index contributed by atoms with van der Waals surface area (Å²) in [6.07, 6.45) is -4.47. The monoisotopic (exact) mass is 174 g/mol. The third-order valence-electron chi connectivity index (χ3n) is 0.757. The summed E-state index contributed by atoms with van der Waals surface area (Å²) in [6, 6.07) is 0. The quantitative estimate of drug-likeness (QED) is 0.403. The van der Waals surface area contributed by atoms with E-state index in [1.54, 1.807) is 0 Å². The van der Waals surface area contributed by atoms with Gasteiger partial charge in [-0.05, 0) is 0 Å². The van der Waals surface area contributed by atoms with Crippen LogP contribution >= 0.6 is 11.8 Å². The van der Waals surface area contributed by atoms with Gasteiger partial charge in [0.05, 0.1) is 0 Å². The van der Waals surface area contributed by atoms with Gasteiger partial charge in [0.25, 0.3) is 0 Å². The Labute approximate surface area is 61.4 Å². The molecule has 0 saturated carbocycles. The number of hydrogen-bond acceptors (Lipinski definition) is 1. The van der Waals surface area contributed by atoms with E-state index in [-0.39, 0.29) is 0 Å². The van der Waals surface area contributed by atoms with Crippen molar-refractivity contribution in [2.45, 2.75) is 6.18 Å². The molecule has 0 heterocycles. The van der Waals surface area contributed by atoms with Crippen LogP contribution in [0.15, 0.2) is 4.51 Å². The molecule has 0 radical (unpaired) electrons. The van der Waals surface area contributed by atoms with Gasteiger partial charge in [-0.2, -0.15) is 17.7 Å². The highest BCUT2D eigenvalue weighted by Crippen LogP contribution is 2.18. The third-order valence-corrected chi connectivity index (χ3v) is 0.917. The van der Waals surface area contributed by atoms with Gasteiger partial charge < -0.3 is 4.90 Å². The van der Waals surface area contributed by atoms with Crippen molar-refractivity contribution in [3.63, 3.8) is 0 Å². The lowest BCUT2D eigenvalue weighted by Gasteiger charge is -2.15. The van der Waals surface area contributed by atoms with Crippen LogP contribution in [0.3, 0.4) is 0 Å². The molecule has 2 nitrogen and oxygen atoms in total. The average Bonchev–Trinajstić information content (AvgIpc) is 1.60. The maximum absolute atomic E-state index is 11.7. The summed E-state index contributed by atoms with van der Waals surface area (Å²) in [6.45, 7) is 0. The molecular weight excluding hydrogens is 169 g/mol. The van der Waals surface area contributed by atoms with E-state index in [2.05, 4.69) is 16.3 Å². The van der Waals surface area contributed by atoms with E-state index in [1.807, 2.05) is 0 Å². The van der Waals surface area contributed by atoms with E-state index in [1.165, 1.54) is 14.1 Å². The Morgan fingerprint density at radius 3 is 1.80 bits per heavy atom. The molecule has 0 aromatic rings. The van der Waals surface area contributed by atoms with Gasteiger partial charge in [0.15, 0.2) is 0 Å². The largest absolute Gasteiger partial charge is 0.450 e. The minimum atomic E-state index is -4.47. The van der Waals surface area contributed by atoms with E-state index in [0.717, 1.165) is 4.90 Å². The van der Waals surface area contributed by atoms with E-state index >= 15 is 0 Å². The van der Waals surface area contributed by atoms with Crippen molar-refractivity contribution in [3.05, 3.63) is 0 Å². The van der Waals surface area contributed by atoms with Gasteiger partial charge >= 0.3 is 6.18 Å². The molecule has 0 aliphatic rings. The van der Waals surface area contributed by atoms with Crippen molar-refractivity contribution in [2.75, 3.05) is 14.1 Å². The zero-order chi connectivity index (χ0) is 8.36. The Morgan fingerprint density at radius 2 is 1.80 bits per heavy atom. The van der Waals surface area contributed by atoms with Crippen LogP contribution in [0.2, 0.25) is 0 Å². The Balaban J connectivity index is 4.40. The molecular formula is C4H6ClF3N2. The molecule has 0 saturated heterocycles. The molecule has 10 heavy (non-hydrogen) atoms. The molecule has 0 bridgehead atoms. The van der Waals surface area contributed by atoms with Gasteiger partial charge in [-0.15, -0.1) is 0 Å². The third kappa shape index (κ3) is 2.43. The molecule has 0 rings (SSSR count). The summed E-state index contributed by atoms with van der Waals surface area (Å²) in [5, 5.41) is 0. The standard InChI is InChI=1S/C4H6ClF3N2/c1-10(2)3(9-5)4(6,7)8/h1-2H3. The molecule has 0 amide bonds. The minimum absolute atomic E-state index is 0.799. The zero-order valence-corrected chi connectivity index (χ0v) is 6.16. The summed E-state index contributed by atoms with van der Waals surface area (Å²) in [4.78, 5) is 0.799. The predicted octanol–water partition coefficient (Wildman–Crippen LogP) is 1.66. The number of hydrogen-bond donors (Lipinski definition) is 0. The lowest BCUT2D eigenvalue weighted by molar-refractivity contribution is -0.0665. The Morgan fingerprint density at radius 1 is 1.40 bits per heavy atom. The van der Waals surface area contributed by atoms with Crippen molar-refractivity contribution < 1.29 is 13.2 Å². The van der Waals surface area contributed by atoms with Crippen LogP contribution in [-0.2, 0) is 0 Å². The molecule has 0 unspecified atom stereocenters. The highest BCUT2D eigenvalue weighted by Gasteiger charge is 2.37. The summed E-state index contributed by atoms with van der Waals surface area (Å²) < 4.78 is 37.7. The van der Waals surface area contributed by atoms with E-state index in [9.17, 15) is 13.2 Å². The number of nitrogens with zero attached hydrogens (tertiary/aromatic N) is 2. The Bertz CT molecular complexity index is 140. The van der Waals surface area contributed by atoms with Gasteiger partial charge in [0, 0.05) is 25.9 Å². The van der Waals surface area contributed by atoms with Gasteiger partial charge in [-0.3, -0.25) is 0 Å². The van der Waals surface area contributed by atoms with Crippen LogP contribution in [0.4, 0.5) is 13.2 Å². The first-order valence-electron chi connectivity index (χ1n) is 2.33. The summed E-state index contributed by atoms with van der Waals surface area (Å²) >= 11 is 4.67. The number of amidine groups is 1. The smallest absolute Gasteiger partial charge is 0.358 e. The summed E-state index contributed by atoms with van der Waals surface area (Å²) in [7, 11) is 2.43. The lowest BCUT2D eigenvalue weighted by Crippen LogP contribution is -2.35. The highest BCUT2D eigenvalue weighted by atomic mass is 35.5. The first-order valence-corrected chi connectivity index (χ1v) is 2.67. The normalized spacial score (nSPS) is 13.6. The van der Waals surface area contributed by atoms with Crippen molar-refractivity contribution in [1.29, 1.82) is 0 Å². The fraction of sp³-hybridized carbons (Fsp3) is 0.750. The maximum atomic E-state index is 11.7. The molecule has 0 spiro atoms. The molecule has 0 aromatic carbocycles. The molecule has 0 fully saturated rings. The van der Waals surface area contributed by atoms with Crippen molar-refractivity contribution in [2.24, 2.45) is 4.51 Å². The second-order valence-electron chi connectivity index (χ2n) is 1.80. The first kappa shape index (κ1) is 9.55. The van der Waals surface area contributed by atoms with Gasteiger partial charge in [0.2, 0.25) is 5.84 Å². The zero-order valence-electron chi connectivity index (χ0n) is 5.41. The number of alkyl halides is 3. The van der Waals surface area contributed by atoms with Crippen molar-refractivity contribution in [1.82, 2.24) is 4.90 Å². The average molecular weight is 175 g/mol.